The molecule has 0 saturated heterocycles. The van der Waals surface area contributed by atoms with E-state index in [1.165, 1.54) is 5.56 Å². The molecule has 0 saturated carbocycles. The molecule has 2 heterocycles. The third-order valence-electron chi connectivity index (χ3n) is 5.24. The fraction of sp³-hybridized carbons (Fsp3) is 0.174. The van der Waals surface area contributed by atoms with E-state index >= 15 is 0 Å². The zero-order valence-corrected chi connectivity index (χ0v) is 15.0. The Morgan fingerprint density at radius 3 is 2.67 bits per heavy atom. The lowest BCUT2D eigenvalue weighted by molar-refractivity contribution is -0.0190. The summed E-state index contributed by atoms with van der Waals surface area (Å²) in [6.45, 7) is 2.08. The molecule has 134 valence electrons. The first-order valence-electron chi connectivity index (χ1n) is 9.17. The molecule has 27 heavy (non-hydrogen) atoms. The number of hydrogen-bond acceptors (Lipinski definition) is 4. The zero-order chi connectivity index (χ0) is 18.4. The summed E-state index contributed by atoms with van der Waals surface area (Å²) < 4.78 is 6.36. The number of para-hydroxylation sites is 2. The number of benzene rings is 3. The number of ether oxygens (including phenoxy) is 1. The van der Waals surface area contributed by atoms with Crippen molar-refractivity contribution >= 4 is 5.71 Å². The van der Waals surface area contributed by atoms with Gasteiger partial charge in [-0.25, -0.2) is 5.01 Å². The third kappa shape index (κ3) is 2.65. The topological polar surface area (TPSA) is 45.1 Å². The van der Waals surface area contributed by atoms with Crippen molar-refractivity contribution in [1.29, 1.82) is 0 Å². The first kappa shape index (κ1) is 15.9. The van der Waals surface area contributed by atoms with Gasteiger partial charge in [0.1, 0.15) is 11.5 Å². The Hall–Kier alpha value is -3.27. The van der Waals surface area contributed by atoms with Crippen molar-refractivity contribution in [2.75, 3.05) is 0 Å². The molecule has 4 heteroatoms. The molecule has 3 aromatic carbocycles. The van der Waals surface area contributed by atoms with Crippen LogP contribution < -0.4 is 4.74 Å². The molecule has 0 fully saturated rings. The van der Waals surface area contributed by atoms with Gasteiger partial charge < -0.3 is 9.84 Å². The van der Waals surface area contributed by atoms with Crippen LogP contribution in [0.2, 0.25) is 0 Å². The van der Waals surface area contributed by atoms with Gasteiger partial charge in [0.25, 0.3) is 0 Å². The molecule has 0 bridgehead atoms. The van der Waals surface area contributed by atoms with Gasteiger partial charge in [0.05, 0.1) is 11.8 Å². The predicted molar refractivity (Wildman–Crippen MR) is 105 cm³/mol. The smallest absolute Gasteiger partial charge is 0.213 e. The number of hydrazone groups is 1. The highest BCUT2D eigenvalue weighted by molar-refractivity contribution is 6.04. The summed E-state index contributed by atoms with van der Waals surface area (Å²) in [5.74, 6) is 1.16. The van der Waals surface area contributed by atoms with Crippen molar-refractivity contribution in [3.63, 3.8) is 0 Å². The summed E-state index contributed by atoms with van der Waals surface area (Å²) in [7, 11) is 0. The zero-order valence-electron chi connectivity index (χ0n) is 15.0. The average molecular weight is 356 g/mol. The van der Waals surface area contributed by atoms with Gasteiger partial charge in [0, 0.05) is 23.1 Å². The Labute approximate surface area is 158 Å². The van der Waals surface area contributed by atoms with E-state index in [9.17, 15) is 5.11 Å². The van der Waals surface area contributed by atoms with Gasteiger partial charge in [-0.05, 0) is 25.1 Å². The molecule has 2 aliphatic heterocycles. The molecule has 3 aromatic rings. The largest absolute Gasteiger partial charge is 0.507 e. The number of phenols is 1. The molecule has 0 aromatic heterocycles. The Bertz CT molecular complexity index is 1040. The van der Waals surface area contributed by atoms with Crippen LogP contribution in [-0.2, 0) is 0 Å². The Morgan fingerprint density at radius 2 is 1.81 bits per heavy atom. The number of rotatable bonds is 2. The minimum atomic E-state index is -0.284. The molecule has 0 unspecified atom stereocenters. The fourth-order valence-electron chi connectivity index (χ4n) is 3.96. The number of fused-ring (bicyclic) bond motifs is 3. The quantitative estimate of drug-likeness (QED) is 0.707. The van der Waals surface area contributed by atoms with Crippen LogP contribution in [0.1, 0.15) is 40.9 Å². The molecular formula is C23H20N2O2. The number of aryl methyl sites for hydroxylation is 1. The first-order chi connectivity index (χ1) is 13.2. The van der Waals surface area contributed by atoms with E-state index in [1.807, 2.05) is 47.5 Å². The predicted octanol–water partition coefficient (Wildman–Crippen LogP) is 4.94. The average Bonchev–Trinajstić information content (AvgIpc) is 3.13. The molecular weight excluding hydrogens is 336 g/mol. The molecule has 0 aliphatic carbocycles. The Kier molecular flexibility index (Phi) is 3.64. The molecule has 2 aliphatic rings. The van der Waals surface area contributed by atoms with Crippen molar-refractivity contribution in [3.05, 3.63) is 95.1 Å². The van der Waals surface area contributed by atoms with Gasteiger partial charge >= 0.3 is 0 Å². The van der Waals surface area contributed by atoms with Gasteiger partial charge in [0.15, 0.2) is 0 Å². The van der Waals surface area contributed by atoms with E-state index in [0.29, 0.717) is 0 Å². The van der Waals surface area contributed by atoms with E-state index in [1.54, 1.807) is 6.07 Å². The number of nitrogens with zero attached hydrogens (tertiary/aromatic N) is 2. The van der Waals surface area contributed by atoms with E-state index in [-0.39, 0.29) is 18.0 Å². The molecule has 2 atom stereocenters. The molecule has 0 radical (unpaired) electrons. The van der Waals surface area contributed by atoms with Crippen LogP contribution in [0.4, 0.5) is 0 Å². The van der Waals surface area contributed by atoms with Crippen molar-refractivity contribution in [2.24, 2.45) is 5.10 Å². The van der Waals surface area contributed by atoms with Crippen LogP contribution in [0.15, 0.2) is 77.9 Å². The van der Waals surface area contributed by atoms with Gasteiger partial charge in [-0.2, -0.15) is 5.10 Å². The maximum absolute atomic E-state index is 10.3. The normalized spacial score (nSPS) is 20.5. The second-order valence-corrected chi connectivity index (χ2v) is 7.09. The van der Waals surface area contributed by atoms with Crippen LogP contribution in [0.3, 0.4) is 0 Å². The Morgan fingerprint density at radius 1 is 1.00 bits per heavy atom. The minimum Gasteiger partial charge on any atom is -0.507 e. The monoisotopic (exact) mass is 356 g/mol. The maximum Gasteiger partial charge on any atom is 0.213 e. The molecule has 0 amide bonds. The van der Waals surface area contributed by atoms with Crippen molar-refractivity contribution in [1.82, 2.24) is 5.01 Å². The third-order valence-corrected chi connectivity index (χ3v) is 5.24. The maximum atomic E-state index is 10.3. The lowest BCUT2D eigenvalue weighted by Crippen LogP contribution is -2.33. The molecule has 5 rings (SSSR count). The molecule has 0 spiro atoms. The van der Waals surface area contributed by atoms with Gasteiger partial charge in [-0.1, -0.05) is 60.2 Å². The summed E-state index contributed by atoms with van der Waals surface area (Å²) in [4.78, 5) is 0. The van der Waals surface area contributed by atoms with Crippen molar-refractivity contribution < 1.29 is 9.84 Å². The van der Waals surface area contributed by atoms with Crippen LogP contribution in [0.5, 0.6) is 11.5 Å². The SMILES string of the molecule is Cc1cccc([C@H]2Oc3ccccc3[C@H]3CC(c4ccccc4O)=NN32)c1. The van der Waals surface area contributed by atoms with Gasteiger partial charge in [0.2, 0.25) is 6.23 Å². The standard InChI is InChI=1S/C23H20N2O2/c1-15-7-6-8-16(13-15)23-25-20(18-10-3-5-12-22(18)27-23)14-19(24-25)17-9-2-4-11-21(17)26/h2-13,20,23,26H,14H2,1H3/t20-,23-/m1/s1. The van der Waals surface area contributed by atoms with Crippen molar-refractivity contribution in [2.45, 2.75) is 25.6 Å². The minimum absolute atomic E-state index is 0.0927. The second-order valence-electron chi connectivity index (χ2n) is 7.09. The summed E-state index contributed by atoms with van der Waals surface area (Å²) in [5, 5.41) is 17.2. The van der Waals surface area contributed by atoms with Gasteiger partial charge in [-0.3, -0.25) is 0 Å². The fourth-order valence-corrected chi connectivity index (χ4v) is 3.96. The molecule has 1 N–H and O–H groups in total. The highest BCUT2D eigenvalue weighted by Crippen LogP contribution is 2.47. The van der Waals surface area contributed by atoms with Crippen LogP contribution in [0, 0.1) is 6.92 Å². The van der Waals surface area contributed by atoms with Crippen molar-refractivity contribution in [3.8, 4) is 11.5 Å². The van der Waals surface area contributed by atoms with E-state index in [4.69, 9.17) is 9.84 Å². The first-order valence-corrected chi connectivity index (χ1v) is 9.17. The van der Waals surface area contributed by atoms with Crippen LogP contribution in [0.25, 0.3) is 0 Å². The summed E-state index contributed by atoms with van der Waals surface area (Å²) in [5.41, 5.74) is 5.08. The molecule has 4 nitrogen and oxygen atoms in total. The van der Waals surface area contributed by atoms with E-state index in [2.05, 4.69) is 31.2 Å². The Balaban J connectivity index is 1.62. The van der Waals surface area contributed by atoms with Crippen LogP contribution >= 0.6 is 0 Å². The van der Waals surface area contributed by atoms with Gasteiger partial charge in [-0.15, -0.1) is 0 Å². The lowest BCUT2D eigenvalue weighted by Gasteiger charge is -2.38. The number of phenolic OH excluding ortho intramolecular Hbond substituents is 1. The second kappa shape index (κ2) is 6.16. The summed E-state index contributed by atoms with van der Waals surface area (Å²) in [6, 6.07) is 24.0. The highest BCUT2D eigenvalue weighted by Gasteiger charge is 2.41. The summed E-state index contributed by atoms with van der Waals surface area (Å²) in [6.07, 6.45) is 0.452. The van der Waals surface area contributed by atoms with Crippen LogP contribution in [-0.4, -0.2) is 15.8 Å². The highest BCUT2D eigenvalue weighted by atomic mass is 16.5. The van der Waals surface area contributed by atoms with E-state index < -0.39 is 0 Å². The number of hydrogen-bond donors (Lipinski definition) is 1. The summed E-state index contributed by atoms with van der Waals surface area (Å²) >= 11 is 0. The van der Waals surface area contributed by atoms with E-state index in [0.717, 1.165) is 34.6 Å². The number of aromatic hydroxyl groups is 1. The lowest BCUT2D eigenvalue weighted by atomic mass is 9.95.